The van der Waals surface area contributed by atoms with E-state index in [9.17, 15) is 9.59 Å². The maximum absolute atomic E-state index is 13.3. The first-order valence-corrected chi connectivity index (χ1v) is 9.30. The number of nitrogens with one attached hydrogen (secondary N) is 1. The SMILES string of the molecule is Cc1ccc(NC(=O)C2(C(=O)N3CCCc4ccccc43)CC2)cc1C. The first-order valence-electron chi connectivity index (χ1n) is 9.30. The van der Waals surface area contributed by atoms with Crippen LogP contribution in [0.25, 0.3) is 0 Å². The van der Waals surface area contributed by atoms with Crippen LogP contribution in [0.15, 0.2) is 42.5 Å². The van der Waals surface area contributed by atoms with Crippen LogP contribution in [0.1, 0.15) is 36.0 Å². The summed E-state index contributed by atoms with van der Waals surface area (Å²) < 4.78 is 0. The molecule has 134 valence electrons. The second kappa shape index (κ2) is 6.27. The molecule has 2 aromatic carbocycles. The fourth-order valence-corrected chi connectivity index (χ4v) is 3.74. The lowest BCUT2D eigenvalue weighted by molar-refractivity contribution is -0.132. The van der Waals surface area contributed by atoms with Gasteiger partial charge in [-0.25, -0.2) is 0 Å². The van der Waals surface area contributed by atoms with E-state index in [1.807, 2.05) is 55.1 Å². The van der Waals surface area contributed by atoms with E-state index in [2.05, 4.69) is 11.4 Å². The topological polar surface area (TPSA) is 49.4 Å². The number of hydrogen-bond donors (Lipinski definition) is 1. The van der Waals surface area contributed by atoms with Crippen molar-refractivity contribution in [3.63, 3.8) is 0 Å². The van der Waals surface area contributed by atoms with Gasteiger partial charge in [0.15, 0.2) is 0 Å². The van der Waals surface area contributed by atoms with Gasteiger partial charge in [0, 0.05) is 17.9 Å². The first-order chi connectivity index (χ1) is 12.5. The normalized spacial score (nSPS) is 17.4. The van der Waals surface area contributed by atoms with Crippen molar-refractivity contribution in [2.24, 2.45) is 5.41 Å². The summed E-state index contributed by atoms with van der Waals surface area (Å²) in [5.74, 6) is -0.222. The predicted octanol–water partition coefficient (Wildman–Crippen LogP) is 4.00. The van der Waals surface area contributed by atoms with Crippen molar-refractivity contribution < 1.29 is 9.59 Å². The minimum atomic E-state index is -0.900. The van der Waals surface area contributed by atoms with E-state index in [-0.39, 0.29) is 11.8 Å². The molecule has 26 heavy (non-hydrogen) atoms. The summed E-state index contributed by atoms with van der Waals surface area (Å²) in [4.78, 5) is 28.0. The Hall–Kier alpha value is -2.62. The van der Waals surface area contributed by atoms with Gasteiger partial charge in [0.1, 0.15) is 5.41 Å². The average molecular weight is 348 g/mol. The third kappa shape index (κ3) is 2.79. The van der Waals surface area contributed by atoms with E-state index >= 15 is 0 Å². The van der Waals surface area contributed by atoms with Gasteiger partial charge in [0.2, 0.25) is 11.8 Å². The van der Waals surface area contributed by atoms with Gasteiger partial charge >= 0.3 is 0 Å². The standard InChI is InChI=1S/C22H24N2O2/c1-15-9-10-18(14-16(15)2)23-20(25)22(11-12-22)21(26)24-13-5-7-17-6-3-4-8-19(17)24/h3-4,6,8-10,14H,5,7,11-13H2,1-2H3,(H,23,25). The van der Waals surface area contributed by atoms with Crippen LogP contribution in [0.2, 0.25) is 0 Å². The molecule has 0 atom stereocenters. The van der Waals surface area contributed by atoms with E-state index in [0.717, 1.165) is 29.8 Å². The van der Waals surface area contributed by atoms with Crippen LogP contribution in [-0.2, 0) is 16.0 Å². The number of rotatable bonds is 3. The van der Waals surface area contributed by atoms with Crippen molar-refractivity contribution in [1.82, 2.24) is 0 Å². The largest absolute Gasteiger partial charge is 0.325 e. The summed E-state index contributed by atoms with van der Waals surface area (Å²) in [6.07, 6.45) is 3.18. The number of aryl methyl sites for hydroxylation is 3. The number of benzene rings is 2. The van der Waals surface area contributed by atoms with Crippen LogP contribution in [0.3, 0.4) is 0 Å². The molecule has 2 aromatic rings. The summed E-state index contributed by atoms with van der Waals surface area (Å²) in [6, 6.07) is 13.9. The predicted molar refractivity (Wildman–Crippen MR) is 103 cm³/mol. The molecule has 1 aliphatic heterocycles. The van der Waals surface area contributed by atoms with Gasteiger partial charge in [0.25, 0.3) is 0 Å². The number of hydrogen-bond acceptors (Lipinski definition) is 2. The average Bonchev–Trinajstić information content (AvgIpc) is 3.46. The van der Waals surface area contributed by atoms with Crippen molar-refractivity contribution >= 4 is 23.2 Å². The van der Waals surface area contributed by atoms with Gasteiger partial charge in [-0.15, -0.1) is 0 Å². The number of amides is 2. The van der Waals surface area contributed by atoms with Crippen molar-refractivity contribution in [3.05, 3.63) is 59.2 Å². The zero-order chi connectivity index (χ0) is 18.3. The smallest absolute Gasteiger partial charge is 0.242 e. The Bertz CT molecular complexity index is 883. The number of nitrogens with zero attached hydrogens (tertiary/aromatic N) is 1. The highest BCUT2D eigenvalue weighted by Gasteiger charge is 2.58. The lowest BCUT2D eigenvalue weighted by Crippen LogP contribution is -2.45. The van der Waals surface area contributed by atoms with Gasteiger partial charge in [-0.2, -0.15) is 0 Å². The fraction of sp³-hybridized carbons (Fsp3) is 0.364. The molecular weight excluding hydrogens is 324 g/mol. The Balaban J connectivity index is 1.56. The highest BCUT2D eigenvalue weighted by molar-refractivity contribution is 6.18. The van der Waals surface area contributed by atoms with Crippen LogP contribution in [0, 0.1) is 19.3 Å². The van der Waals surface area contributed by atoms with Crippen molar-refractivity contribution in [2.45, 2.75) is 39.5 Å². The zero-order valence-electron chi connectivity index (χ0n) is 15.3. The molecule has 0 bridgehead atoms. The second-order valence-corrected chi connectivity index (χ2v) is 7.52. The number of anilines is 2. The van der Waals surface area contributed by atoms with Crippen LogP contribution in [0.5, 0.6) is 0 Å². The van der Waals surface area contributed by atoms with Crippen molar-refractivity contribution in [2.75, 3.05) is 16.8 Å². The highest BCUT2D eigenvalue weighted by Crippen LogP contribution is 2.49. The monoisotopic (exact) mass is 348 g/mol. The Kier molecular flexibility index (Phi) is 4.06. The fourth-order valence-electron chi connectivity index (χ4n) is 3.74. The quantitative estimate of drug-likeness (QED) is 0.852. The summed E-state index contributed by atoms with van der Waals surface area (Å²) in [5.41, 5.74) is 4.33. The van der Waals surface area contributed by atoms with Crippen LogP contribution >= 0.6 is 0 Å². The number of para-hydroxylation sites is 1. The molecule has 0 unspecified atom stereocenters. The molecule has 2 amide bonds. The van der Waals surface area contributed by atoms with E-state index in [4.69, 9.17) is 0 Å². The molecule has 4 heteroatoms. The maximum Gasteiger partial charge on any atom is 0.242 e. The van der Waals surface area contributed by atoms with Crippen LogP contribution < -0.4 is 10.2 Å². The molecule has 1 aliphatic carbocycles. The minimum absolute atomic E-state index is 0.0500. The molecule has 0 spiro atoms. The molecule has 2 aliphatic rings. The molecule has 4 rings (SSSR count). The molecular formula is C22H24N2O2. The number of carbonyl (C=O) groups is 2. The third-order valence-electron chi connectivity index (χ3n) is 5.71. The van der Waals surface area contributed by atoms with Gasteiger partial charge in [-0.05, 0) is 74.4 Å². The first kappa shape index (κ1) is 16.8. The Labute approximate surface area is 154 Å². The van der Waals surface area contributed by atoms with E-state index in [1.54, 1.807) is 0 Å². The molecule has 1 fully saturated rings. The minimum Gasteiger partial charge on any atom is -0.325 e. The summed E-state index contributed by atoms with van der Waals surface area (Å²) in [7, 11) is 0. The third-order valence-corrected chi connectivity index (χ3v) is 5.71. The highest BCUT2D eigenvalue weighted by atomic mass is 16.2. The summed E-state index contributed by atoms with van der Waals surface area (Å²) in [6.45, 7) is 4.75. The Morgan fingerprint density at radius 1 is 1.04 bits per heavy atom. The second-order valence-electron chi connectivity index (χ2n) is 7.52. The van der Waals surface area contributed by atoms with E-state index in [0.29, 0.717) is 19.4 Å². The van der Waals surface area contributed by atoms with Gasteiger partial charge in [0.05, 0.1) is 0 Å². The van der Waals surface area contributed by atoms with Gasteiger partial charge in [-0.1, -0.05) is 24.3 Å². The van der Waals surface area contributed by atoms with Crippen LogP contribution in [-0.4, -0.2) is 18.4 Å². The molecule has 0 radical (unpaired) electrons. The summed E-state index contributed by atoms with van der Waals surface area (Å²) in [5, 5.41) is 2.97. The van der Waals surface area contributed by atoms with Gasteiger partial charge < -0.3 is 10.2 Å². The van der Waals surface area contributed by atoms with Crippen LogP contribution in [0.4, 0.5) is 11.4 Å². The lowest BCUT2D eigenvalue weighted by Gasteiger charge is -2.32. The van der Waals surface area contributed by atoms with Gasteiger partial charge in [-0.3, -0.25) is 9.59 Å². The number of fused-ring (bicyclic) bond motifs is 1. The maximum atomic E-state index is 13.3. The van der Waals surface area contributed by atoms with Crippen molar-refractivity contribution in [1.29, 1.82) is 0 Å². The molecule has 1 heterocycles. The zero-order valence-corrected chi connectivity index (χ0v) is 15.3. The molecule has 1 saturated carbocycles. The van der Waals surface area contributed by atoms with E-state index in [1.165, 1.54) is 11.1 Å². The van der Waals surface area contributed by atoms with Crippen molar-refractivity contribution in [3.8, 4) is 0 Å². The number of carbonyl (C=O) groups excluding carboxylic acids is 2. The summed E-state index contributed by atoms with van der Waals surface area (Å²) >= 11 is 0. The Morgan fingerprint density at radius 2 is 1.81 bits per heavy atom. The molecule has 0 saturated heterocycles. The van der Waals surface area contributed by atoms with E-state index < -0.39 is 5.41 Å². The molecule has 4 nitrogen and oxygen atoms in total. The molecule has 0 aromatic heterocycles. The lowest BCUT2D eigenvalue weighted by atomic mass is 9.97. The Morgan fingerprint density at radius 3 is 2.54 bits per heavy atom. The molecule has 1 N–H and O–H groups in total.